The summed E-state index contributed by atoms with van der Waals surface area (Å²) >= 11 is 0. The molecule has 1 amide bonds. The predicted octanol–water partition coefficient (Wildman–Crippen LogP) is 4.75. The van der Waals surface area contributed by atoms with Crippen LogP contribution >= 0.6 is 0 Å². The first kappa shape index (κ1) is 25.7. The van der Waals surface area contributed by atoms with Crippen molar-refractivity contribution >= 4 is 11.5 Å². The Morgan fingerprint density at radius 1 is 1.21 bits per heavy atom. The van der Waals surface area contributed by atoms with E-state index in [2.05, 4.69) is 22.1 Å². The van der Waals surface area contributed by atoms with Gasteiger partial charge in [-0.05, 0) is 62.7 Å². The first-order valence-corrected chi connectivity index (χ1v) is 12.4. The van der Waals surface area contributed by atoms with Gasteiger partial charge >= 0.3 is 0 Å². The highest BCUT2D eigenvalue weighted by molar-refractivity contribution is 5.95. The van der Waals surface area contributed by atoms with Gasteiger partial charge in [-0.2, -0.15) is 4.98 Å². The van der Waals surface area contributed by atoms with Gasteiger partial charge in [-0.1, -0.05) is 43.7 Å². The van der Waals surface area contributed by atoms with Crippen molar-refractivity contribution in [2.75, 3.05) is 19.8 Å². The number of nitrogens with zero attached hydrogens (tertiary/aromatic N) is 3. The lowest BCUT2D eigenvalue weighted by Gasteiger charge is -2.26. The Balaban J connectivity index is 2.00. The first-order chi connectivity index (χ1) is 16.5. The molecular formula is C27H37N3O4. The minimum Gasteiger partial charge on any atom is -0.491 e. The summed E-state index contributed by atoms with van der Waals surface area (Å²) in [4.78, 5) is 23.8. The Bertz CT molecular complexity index is 1000. The summed E-state index contributed by atoms with van der Waals surface area (Å²) in [6, 6.07) is 8.02. The number of carbonyl (C=O) groups excluding carboxylic acids is 1. The van der Waals surface area contributed by atoms with Gasteiger partial charge in [-0.15, -0.1) is 0 Å². The van der Waals surface area contributed by atoms with E-state index in [-0.39, 0.29) is 36.5 Å². The van der Waals surface area contributed by atoms with E-state index in [0.717, 1.165) is 31.2 Å². The third-order valence-electron chi connectivity index (χ3n) is 6.07. The Morgan fingerprint density at radius 3 is 2.68 bits per heavy atom. The van der Waals surface area contributed by atoms with E-state index in [9.17, 15) is 15.0 Å². The summed E-state index contributed by atoms with van der Waals surface area (Å²) in [5, 5.41) is 20.2. The van der Waals surface area contributed by atoms with Gasteiger partial charge in [0.15, 0.2) is 5.69 Å². The number of hydrogen-bond donors (Lipinski definition) is 2. The number of aromatic nitrogens is 2. The number of carbonyl (C=O) groups is 1. The molecule has 0 bridgehead atoms. The number of amides is 1. The number of ether oxygens (including phenoxy) is 1. The molecule has 184 valence electrons. The zero-order valence-electron chi connectivity index (χ0n) is 20.6. The topological polar surface area (TPSA) is 95.8 Å². The van der Waals surface area contributed by atoms with Gasteiger partial charge in [0.05, 0.1) is 13.2 Å². The van der Waals surface area contributed by atoms with Crippen LogP contribution in [0.3, 0.4) is 0 Å². The van der Waals surface area contributed by atoms with Crippen molar-refractivity contribution in [3.63, 3.8) is 0 Å². The fourth-order valence-electron chi connectivity index (χ4n) is 4.24. The summed E-state index contributed by atoms with van der Waals surface area (Å²) in [6.07, 6.45) is 8.90. The zero-order chi connectivity index (χ0) is 24.5. The van der Waals surface area contributed by atoms with Crippen LogP contribution in [-0.2, 0) is 6.42 Å². The minimum atomic E-state index is -0.391. The monoisotopic (exact) mass is 467 g/mol. The highest BCUT2D eigenvalue weighted by atomic mass is 16.5. The third kappa shape index (κ3) is 6.35. The molecule has 1 heterocycles. The van der Waals surface area contributed by atoms with Crippen LogP contribution in [-0.4, -0.2) is 56.8 Å². The quantitative estimate of drug-likeness (QED) is 0.463. The SMILES string of the molecule is CCCCOc1c(O)nc(Cc2ccccc2C2=CCCCC2)nc1C(=O)N(CCO)C(C)C. The number of hydrogen-bond acceptors (Lipinski definition) is 6. The van der Waals surface area contributed by atoms with Crippen LogP contribution in [0.4, 0.5) is 0 Å². The summed E-state index contributed by atoms with van der Waals surface area (Å²) in [6.45, 7) is 6.15. The number of rotatable bonds is 11. The van der Waals surface area contributed by atoms with Crippen LogP contribution in [0.25, 0.3) is 5.57 Å². The molecule has 0 saturated heterocycles. The van der Waals surface area contributed by atoms with Crippen molar-refractivity contribution < 1.29 is 19.7 Å². The molecule has 1 aromatic heterocycles. The molecular weight excluding hydrogens is 430 g/mol. The lowest BCUT2D eigenvalue weighted by molar-refractivity contribution is 0.0652. The fraction of sp³-hybridized carbons (Fsp3) is 0.519. The van der Waals surface area contributed by atoms with Gasteiger partial charge in [-0.25, -0.2) is 4.98 Å². The van der Waals surface area contributed by atoms with E-state index in [1.54, 1.807) is 0 Å². The largest absolute Gasteiger partial charge is 0.491 e. The first-order valence-electron chi connectivity index (χ1n) is 12.4. The number of aliphatic hydroxyl groups excluding tert-OH is 1. The number of benzene rings is 1. The summed E-state index contributed by atoms with van der Waals surface area (Å²) in [5.74, 6) is -0.349. The van der Waals surface area contributed by atoms with Crippen molar-refractivity contribution in [1.82, 2.24) is 14.9 Å². The molecule has 0 spiro atoms. The second-order valence-electron chi connectivity index (χ2n) is 8.97. The summed E-state index contributed by atoms with van der Waals surface area (Å²) < 4.78 is 5.77. The van der Waals surface area contributed by atoms with Crippen molar-refractivity contribution in [3.05, 3.63) is 53.0 Å². The molecule has 0 atom stereocenters. The molecule has 1 aliphatic carbocycles. The average Bonchev–Trinajstić information content (AvgIpc) is 2.84. The molecule has 34 heavy (non-hydrogen) atoms. The number of aliphatic hydroxyl groups is 1. The van der Waals surface area contributed by atoms with E-state index >= 15 is 0 Å². The molecule has 3 rings (SSSR count). The normalized spacial score (nSPS) is 13.6. The van der Waals surface area contributed by atoms with Gasteiger partial charge < -0.3 is 19.8 Å². The predicted molar refractivity (Wildman–Crippen MR) is 133 cm³/mol. The molecule has 0 aliphatic heterocycles. The van der Waals surface area contributed by atoms with E-state index < -0.39 is 5.91 Å². The smallest absolute Gasteiger partial charge is 0.276 e. The fourth-order valence-corrected chi connectivity index (χ4v) is 4.24. The van der Waals surface area contributed by atoms with Gasteiger partial charge in [-0.3, -0.25) is 4.79 Å². The van der Waals surface area contributed by atoms with Crippen LogP contribution < -0.4 is 4.74 Å². The Labute approximate surface area is 202 Å². The van der Waals surface area contributed by atoms with E-state index in [4.69, 9.17) is 4.74 Å². The van der Waals surface area contributed by atoms with Crippen LogP contribution in [0.15, 0.2) is 30.3 Å². The van der Waals surface area contributed by atoms with Crippen LogP contribution in [0.1, 0.15) is 86.7 Å². The lowest BCUT2D eigenvalue weighted by atomic mass is 9.90. The van der Waals surface area contributed by atoms with Gasteiger partial charge in [0.25, 0.3) is 11.8 Å². The molecule has 0 fully saturated rings. The van der Waals surface area contributed by atoms with E-state index in [1.165, 1.54) is 28.9 Å². The molecule has 1 aromatic carbocycles. The number of aromatic hydroxyl groups is 1. The van der Waals surface area contributed by atoms with Crippen molar-refractivity contribution in [3.8, 4) is 11.6 Å². The van der Waals surface area contributed by atoms with Crippen molar-refractivity contribution in [1.29, 1.82) is 0 Å². The molecule has 0 unspecified atom stereocenters. The summed E-state index contributed by atoms with van der Waals surface area (Å²) in [7, 11) is 0. The Morgan fingerprint density at radius 2 is 2.00 bits per heavy atom. The Kier molecular flexibility index (Phi) is 9.45. The van der Waals surface area contributed by atoms with E-state index in [0.29, 0.717) is 18.9 Å². The maximum atomic E-state index is 13.4. The van der Waals surface area contributed by atoms with Gasteiger partial charge in [0.2, 0.25) is 5.75 Å². The third-order valence-corrected chi connectivity index (χ3v) is 6.07. The second-order valence-corrected chi connectivity index (χ2v) is 8.97. The average molecular weight is 468 g/mol. The second kappa shape index (κ2) is 12.5. The maximum absolute atomic E-state index is 13.4. The minimum absolute atomic E-state index is 0.00839. The van der Waals surface area contributed by atoms with Gasteiger partial charge in [0.1, 0.15) is 5.82 Å². The van der Waals surface area contributed by atoms with Crippen LogP contribution in [0, 0.1) is 0 Å². The molecule has 7 nitrogen and oxygen atoms in total. The van der Waals surface area contributed by atoms with Crippen LogP contribution in [0.2, 0.25) is 0 Å². The number of unbranched alkanes of at least 4 members (excludes halogenated alkanes) is 1. The van der Waals surface area contributed by atoms with E-state index in [1.807, 2.05) is 39.0 Å². The molecule has 0 saturated carbocycles. The van der Waals surface area contributed by atoms with Gasteiger partial charge in [0, 0.05) is 19.0 Å². The number of allylic oxidation sites excluding steroid dienone is 2. The van der Waals surface area contributed by atoms with Crippen molar-refractivity contribution in [2.24, 2.45) is 0 Å². The summed E-state index contributed by atoms with van der Waals surface area (Å²) in [5.41, 5.74) is 3.60. The maximum Gasteiger partial charge on any atom is 0.276 e. The molecule has 1 aliphatic rings. The zero-order valence-corrected chi connectivity index (χ0v) is 20.6. The highest BCUT2D eigenvalue weighted by Crippen LogP contribution is 2.32. The molecule has 0 radical (unpaired) electrons. The lowest BCUT2D eigenvalue weighted by Crippen LogP contribution is -2.39. The standard InChI is InChI=1S/C27H37N3O4/c1-4-5-17-34-25-24(27(33)30(15-16-31)19(2)3)28-23(29-26(25)32)18-21-13-9-10-14-22(21)20-11-7-6-8-12-20/h9-11,13-14,19,31H,4-8,12,15-18H2,1-3H3,(H,28,29,32). The Hall–Kier alpha value is -2.93. The molecule has 7 heteroatoms. The molecule has 2 N–H and O–H groups in total. The molecule has 2 aromatic rings. The van der Waals surface area contributed by atoms with Crippen LogP contribution in [0.5, 0.6) is 11.6 Å². The van der Waals surface area contributed by atoms with Crippen molar-refractivity contribution in [2.45, 2.75) is 71.8 Å². The highest BCUT2D eigenvalue weighted by Gasteiger charge is 2.27.